The minimum absolute atomic E-state index is 0.137. The van der Waals surface area contributed by atoms with Crippen LogP contribution in [0, 0.1) is 0 Å². The van der Waals surface area contributed by atoms with Crippen molar-refractivity contribution in [1.82, 2.24) is 25.1 Å². The van der Waals surface area contributed by atoms with Crippen LogP contribution in [0.5, 0.6) is 0 Å². The first-order chi connectivity index (χ1) is 9.44. The van der Waals surface area contributed by atoms with Crippen LogP contribution in [0.1, 0.15) is 26.3 Å². The van der Waals surface area contributed by atoms with E-state index in [-0.39, 0.29) is 11.1 Å². The molecule has 0 bridgehead atoms. The highest BCUT2D eigenvalue weighted by atomic mass is 32.2. The Kier molecular flexibility index (Phi) is 6.60. The molecule has 0 fully saturated rings. The molecule has 1 aromatic rings. The molecule has 0 aliphatic heterocycles. The average molecular weight is 303 g/mol. The third-order valence-corrected chi connectivity index (χ3v) is 4.70. The third-order valence-electron chi connectivity index (χ3n) is 3.10. The molecule has 20 heavy (non-hydrogen) atoms. The number of sulfonamides is 1. The lowest BCUT2D eigenvalue weighted by molar-refractivity contribution is 0.282. The summed E-state index contributed by atoms with van der Waals surface area (Å²) in [4.78, 5) is 2.18. The largest absolute Gasteiger partial charge is 0.316 e. The maximum Gasteiger partial charge on any atom is 0.258 e. The number of hydrogen-bond acceptors (Lipinski definition) is 5. The topological polar surface area (TPSA) is 90.1 Å². The molecular weight excluding hydrogens is 278 g/mol. The van der Waals surface area contributed by atoms with Gasteiger partial charge < -0.3 is 10.2 Å². The summed E-state index contributed by atoms with van der Waals surface area (Å²) < 4.78 is 27.3. The van der Waals surface area contributed by atoms with Gasteiger partial charge in [-0.1, -0.05) is 13.8 Å². The molecule has 8 heteroatoms. The Morgan fingerprint density at radius 3 is 2.60 bits per heavy atom. The van der Waals surface area contributed by atoms with Gasteiger partial charge in [-0.25, -0.2) is 13.1 Å². The van der Waals surface area contributed by atoms with Gasteiger partial charge in [0.15, 0.2) is 5.03 Å². The van der Waals surface area contributed by atoms with Crippen LogP contribution in [-0.4, -0.2) is 56.2 Å². The van der Waals surface area contributed by atoms with Crippen molar-refractivity contribution in [2.45, 2.75) is 38.4 Å². The Morgan fingerprint density at radius 1 is 1.40 bits per heavy atom. The number of H-pyrrole nitrogens is 1. The number of aromatic nitrogens is 2. The van der Waals surface area contributed by atoms with Gasteiger partial charge in [0.1, 0.15) is 0 Å². The monoisotopic (exact) mass is 303 g/mol. The Hall–Kier alpha value is -0.960. The molecule has 1 heterocycles. The second kappa shape index (κ2) is 7.72. The van der Waals surface area contributed by atoms with Gasteiger partial charge in [-0.15, -0.1) is 0 Å². The number of nitrogens with one attached hydrogen (secondary N) is 3. The normalized spacial score (nSPS) is 13.8. The first-order valence-electron chi connectivity index (χ1n) is 6.86. The summed E-state index contributed by atoms with van der Waals surface area (Å²) in [5.74, 6) is 0. The summed E-state index contributed by atoms with van der Waals surface area (Å²) in [5.41, 5.74) is 0.634. The Balaban J connectivity index is 2.76. The van der Waals surface area contributed by atoms with Gasteiger partial charge >= 0.3 is 0 Å². The van der Waals surface area contributed by atoms with E-state index >= 15 is 0 Å². The minimum Gasteiger partial charge on any atom is -0.316 e. The fraction of sp³-hybridized carbons (Fsp3) is 0.750. The van der Waals surface area contributed by atoms with Gasteiger partial charge in [0, 0.05) is 24.7 Å². The molecule has 0 radical (unpaired) electrons. The van der Waals surface area contributed by atoms with Gasteiger partial charge in [0.2, 0.25) is 0 Å². The van der Waals surface area contributed by atoms with Crippen molar-refractivity contribution in [3.05, 3.63) is 11.8 Å². The number of nitrogens with zero attached hydrogens (tertiary/aromatic N) is 2. The lowest BCUT2D eigenvalue weighted by Gasteiger charge is -2.23. The van der Waals surface area contributed by atoms with Crippen LogP contribution < -0.4 is 10.0 Å². The maximum atomic E-state index is 12.3. The van der Waals surface area contributed by atoms with Crippen molar-refractivity contribution in [2.75, 3.05) is 26.7 Å². The number of aromatic amines is 1. The van der Waals surface area contributed by atoms with Crippen LogP contribution in [0.3, 0.4) is 0 Å². The Bertz CT molecular complexity index is 496. The molecule has 1 aromatic heterocycles. The third kappa shape index (κ3) is 4.55. The second-order valence-corrected chi connectivity index (χ2v) is 6.41. The van der Waals surface area contributed by atoms with Crippen LogP contribution in [0.25, 0.3) is 0 Å². The van der Waals surface area contributed by atoms with E-state index in [1.807, 2.05) is 6.92 Å². The van der Waals surface area contributed by atoms with Crippen molar-refractivity contribution in [2.24, 2.45) is 0 Å². The highest BCUT2D eigenvalue weighted by molar-refractivity contribution is 7.89. The molecule has 1 atom stereocenters. The van der Waals surface area contributed by atoms with Gasteiger partial charge in [-0.2, -0.15) is 5.10 Å². The fourth-order valence-corrected chi connectivity index (χ4v) is 3.44. The van der Waals surface area contributed by atoms with Crippen LogP contribution in [0.15, 0.2) is 11.2 Å². The predicted octanol–water partition coefficient (Wildman–Crippen LogP) is 0.138. The van der Waals surface area contributed by atoms with Crippen molar-refractivity contribution in [3.8, 4) is 0 Å². The number of likely N-dealkylation sites (N-methyl/N-ethyl adjacent to an activating group) is 1. The summed E-state index contributed by atoms with van der Waals surface area (Å²) in [6, 6.07) is -0.161. The summed E-state index contributed by atoms with van der Waals surface area (Å²) in [6.45, 7) is 8.92. The number of rotatable bonds is 9. The van der Waals surface area contributed by atoms with Crippen LogP contribution in [0.2, 0.25) is 0 Å². The predicted molar refractivity (Wildman–Crippen MR) is 78.9 cm³/mol. The second-order valence-electron chi connectivity index (χ2n) is 4.76. The van der Waals surface area contributed by atoms with E-state index in [1.54, 1.807) is 7.05 Å². The molecule has 0 aliphatic rings. The molecule has 7 nitrogen and oxygen atoms in total. The molecule has 3 N–H and O–H groups in total. The van der Waals surface area contributed by atoms with E-state index in [2.05, 4.69) is 39.0 Å². The van der Waals surface area contributed by atoms with Crippen LogP contribution in [0.4, 0.5) is 0 Å². The van der Waals surface area contributed by atoms with Gasteiger partial charge in [-0.3, -0.25) is 5.10 Å². The summed E-state index contributed by atoms with van der Waals surface area (Å²) >= 11 is 0. The van der Waals surface area contributed by atoms with E-state index in [0.717, 1.165) is 13.1 Å². The van der Waals surface area contributed by atoms with Gasteiger partial charge in [0.25, 0.3) is 10.0 Å². The molecule has 0 amide bonds. The minimum atomic E-state index is -3.57. The smallest absolute Gasteiger partial charge is 0.258 e. The molecule has 0 spiro atoms. The molecule has 116 valence electrons. The molecule has 0 saturated heterocycles. The van der Waals surface area contributed by atoms with E-state index in [9.17, 15) is 8.42 Å². The highest BCUT2D eigenvalue weighted by Gasteiger charge is 2.23. The zero-order valence-electron chi connectivity index (χ0n) is 12.6. The first kappa shape index (κ1) is 17.1. The van der Waals surface area contributed by atoms with E-state index in [1.165, 1.54) is 6.20 Å². The lowest BCUT2D eigenvalue weighted by atomic mass is 10.3. The summed E-state index contributed by atoms with van der Waals surface area (Å²) in [6.07, 6.45) is 1.53. The van der Waals surface area contributed by atoms with Crippen molar-refractivity contribution >= 4 is 10.0 Å². The van der Waals surface area contributed by atoms with Crippen molar-refractivity contribution in [1.29, 1.82) is 0 Å². The SMILES string of the molecule is CCN(CC)CC(C)NS(=O)(=O)c1[nH]ncc1CNC. The van der Waals surface area contributed by atoms with Crippen molar-refractivity contribution < 1.29 is 8.42 Å². The maximum absolute atomic E-state index is 12.3. The van der Waals surface area contributed by atoms with E-state index < -0.39 is 10.0 Å². The van der Waals surface area contributed by atoms with E-state index in [4.69, 9.17) is 0 Å². The van der Waals surface area contributed by atoms with E-state index in [0.29, 0.717) is 18.7 Å². The zero-order valence-corrected chi connectivity index (χ0v) is 13.4. The van der Waals surface area contributed by atoms with Gasteiger partial charge in [-0.05, 0) is 27.1 Å². The number of hydrogen-bond donors (Lipinski definition) is 3. The summed E-state index contributed by atoms with van der Waals surface area (Å²) in [5, 5.41) is 9.44. The fourth-order valence-electron chi connectivity index (χ4n) is 2.08. The zero-order chi connectivity index (χ0) is 15.2. The highest BCUT2D eigenvalue weighted by Crippen LogP contribution is 2.12. The molecule has 0 aliphatic carbocycles. The Morgan fingerprint density at radius 2 is 2.05 bits per heavy atom. The standard InChI is InChI=1S/C12H25N5O2S/c1-5-17(6-2)9-10(3)16-20(18,19)12-11(7-13-4)8-14-15-12/h8,10,13,16H,5-7,9H2,1-4H3,(H,14,15). The van der Waals surface area contributed by atoms with Crippen LogP contribution in [-0.2, 0) is 16.6 Å². The Labute approximate surface area is 121 Å². The first-order valence-corrected chi connectivity index (χ1v) is 8.34. The summed E-state index contributed by atoms with van der Waals surface area (Å²) in [7, 11) is -1.80. The molecule has 0 saturated carbocycles. The quantitative estimate of drug-likeness (QED) is 0.604. The molecule has 0 aromatic carbocycles. The van der Waals surface area contributed by atoms with Crippen molar-refractivity contribution in [3.63, 3.8) is 0 Å². The average Bonchev–Trinajstić information content (AvgIpc) is 2.85. The lowest BCUT2D eigenvalue weighted by Crippen LogP contribution is -2.42. The van der Waals surface area contributed by atoms with Gasteiger partial charge in [0.05, 0.1) is 6.20 Å². The molecule has 1 rings (SSSR count). The molecular formula is C12H25N5O2S. The van der Waals surface area contributed by atoms with Crippen LogP contribution >= 0.6 is 0 Å². The molecule has 1 unspecified atom stereocenters.